The van der Waals surface area contributed by atoms with Crippen molar-refractivity contribution in [2.45, 2.75) is 6.42 Å². The van der Waals surface area contributed by atoms with Crippen LogP contribution in [0.15, 0.2) is 48.7 Å². The smallest absolute Gasteiger partial charge is 0.257 e. The Morgan fingerprint density at radius 2 is 1.83 bits per heavy atom. The van der Waals surface area contributed by atoms with Crippen molar-refractivity contribution in [3.05, 3.63) is 69.8 Å². The number of nitrogens with one attached hydrogen (secondary N) is 1. The molecule has 0 spiro atoms. The number of halogens is 2. The molecule has 0 aliphatic carbocycles. The van der Waals surface area contributed by atoms with Gasteiger partial charge >= 0.3 is 0 Å². The fourth-order valence-electron chi connectivity index (χ4n) is 3.69. The number of rotatable bonds is 9. The minimum absolute atomic E-state index is 0.115. The van der Waals surface area contributed by atoms with Crippen molar-refractivity contribution < 1.29 is 14.3 Å². The summed E-state index contributed by atoms with van der Waals surface area (Å²) in [5.41, 5.74) is 8.72. The number of carbonyl (C=O) groups excluding carboxylic acids is 1. The Bertz CT molecular complexity index is 1130. The second kappa shape index (κ2) is 12.2. The van der Waals surface area contributed by atoms with Gasteiger partial charge in [-0.3, -0.25) is 9.69 Å². The average molecular weight is 516 g/mol. The minimum atomic E-state index is -0.115. The van der Waals surface area contributed by atoms with Gasteiger partial charge in [-0.25, -0.2) is 9.97 Å². The molecule has 2 heterocycles. The van der Waals surface area contributed by atoms with Crippen molar-refractivity contribution >= 4 is 34.9 Å². The molecule has 0 saturated carbocycles. The first-order valence-corrected chi connectivity index (χ1v) is 12.1. The van der Waals surface area contributed by atoms with E-state index in [9.17, 15) is 4.79 Å². The van der Waals surface area contributed by atoms with Gasteiger partial charge in [0.15, 0.2) is 5.82 Å². The Morgan fingerprint density at radius 3 is 2.54 bits per heavy atom. The number of aromatic nitrogens is 2. The molecule has 1 saturated heterocycles. The number of hydrogen-bond donors (Lipinski definition) is 2. The molecule has 2 aromatic carbocycles. The number of carbonyl (C=O) groups is 1. The van der Waals surface area contributed by atoms with Crippen LogP contribution in [0.25, 0.3) is 11.3 Å². The van der Waals surface area contributed by atoms with Crippen molar-refractivity contribution in [1.29, 1.82) is 0 Å². The zero-order valence-corrected chi connectivity index (χ0v) is 20.7. The third-order valence-electron chi connectivity index (χ3n) is 5.68. The molecule has 3 aromatic rings. The molecule has 10 heteroatoms. The molecule has 1 fully saturated rings. The van der Waals surface area contributed by atoms with E-state index in [2.05, 4.69) is 20.2 Å². The SMILES string of the molecule is Nc1ncc(-c2ccc(C(=O)NCCN3CCOCC3)cc2)nc1OCCc1c(Cl)cccc1Cl. The summed E-state index contributed by atoms with van der Waals surface area (Å²) in [6, 6.07) is 12.5. The maximum atomic E-state index is 12.5. The third kappa shape index (κ3) is 6.82. The van der Waals surface area contributed by atoms with Gasteiger partial charge in [0.05, 0.1) is 31.7 Å². The molecule has 1 aliphatic rings. The number of hydrogen-bond acceptors (Lipinski definition) is 7. The number of nitrogen functional groups attached to an aromatic ring is 1. The van der Waals surface area contributed by atoms with Crippen LogP contribution in [0.1, 0.15) is 15.9 Å². The Morgan fingerprint density at radius 1 is 1.11 bits per heavy atom. The second-order valence-electron chi connectivity index (χ2n) is 8.03. The van der Waals surface area contributed by atoms with Crippen LogP contribution in [-0.4, -0.2) is 66.8 Å². The highest BCUT2D eigenvalue weighted by molar-refractivity contribution is 6.36. The van der Waals surface area contributed by atoms with Gasteiger partial charge in [-0.2, -0.15) is 0 Å². The highest BCUT2D eigenvalue weighted by atomic mass is 35.5. The lowest BCUT2D eigenvalue weighted by atomic mass is 10.1. The minimum Gasteiger partial charge on any atom is -0.475 e. The van der Waals surface area contributed by atoms with Crippen LogP contribution in [0.5, 0.6) is 5.88 Å². The highest BCUT2D eigenvalue weighted by Crippen LogP contribution is 2.26. The molecular weight excluding hydrogens is 489 g/mol. The van der Waals surface area contributed by atoms with Gasteiger partial charge in [0, 0.05) is 53.8 Å². The van der Waals surface area contributed by atoms with Crippen LogP contribution in [0.2, 0.25) is 10.0 Å². The molecule has 1 aromatic heterocycles. The number of morpholine rings is 1. The molecule has 4 rings (SSSR count). The molecule has 184 valence electrons. The second-order valence-corrected chi connectivity index (χ2v) is 8.85. The van der Waals surface area contributed by atoms with Gasteiger partial charge in [0.2, 0.25) is 0 Å². The molecule has 35 heavy (non-hydrogen) atoms. The zero-order valence-electron chi connectivity index (χ0n) is 19.2. The van der Waals surface area contributed by atoms with Crippen LogP contribution in [0.3, 0.4) is 0 Å². The lowest BCUT2D eigenvalue weighted by Gasteiger charge is -2.26. The monoisotopic (exact) mass is 515 g/mol. The molecule has 3 N–H and O–H groups in total. The maximum absolute atomic E-state index is 12.5. The largest absolute Gasteiger partial charge is 0.475 e. The number of nitrogens with two attached hydrogens (primary N) is 1. The van der Waals surface area contributed by atoms with Gasteiger partial charge in [0.25, 0.3) is 11.8 Å². The maximum Gasteiger partial charge on any atom is 0.257 e. The molecule has 1 amide bonds. The zero-order chi connectivity index (χ0) is 24.6. The number of amides is 1. The van der Waals surface area contributed by atoms with E-state index in [-0.39, 0.29) is 24.2 Å². The summed E-state index contributed by atoms with van der Waals surface area (Å²) < 4.78 is 11.1. The summed E-state index contributed by atoms with van der Waals surface area (Å²) >= 11 is 12.4. The number of nitrogens with zero attached hydrogens (tertiary/aromatic N) is 3. The van der Waals surface area contributed by atoms with E-state index in [1.807, 2.05) is 12.1 Å². The van der Waals surface area contributed by atoms with Crippen LogP contribution in [-0.2, 0) is 11.2 Å². The van der Waals surface area contributed by atoms with E-state index in [0.717, 1.165) is 44.0 Å². The molecule has 1 aliphatic heterocycles. The predicted molar refractivity (Wildman–Crippen MR) is 137 cm³/mol. The summed E-state index contributed by atoms with van der Waals surface area (Å²) in [7, 11) is 0. The van der Waals surface area contributed by atoms with E-state index < -0.39 is 0 Å². The van der Waals surface area contributed by atoms with Gasteiger partial charge in [0.1, 0.15) is 0 Å². The van der Waals surface area contributed by atoms with Crippen LogP contribution < -0.4 is 15.8 Å². The quantitative estimate of drug-likeness (QED) is 0.447. The predicted octanol–water partition coefficient (Wildman–Crippen LogP) is 3.72. The summed E-state index contributed by atoms with van der Waals surface area (Å²) in [5, 5.41) is 4.13. The molecule has 0 bridgehead atoms. The molecule has 0 radical (unpaired) electrons. The fourth-order valence-corrected chi connectivity index (χ4v) is 4.28. The van der Waals surface area contributed by atoms with Crippen LogP contribution in [0, 0.1) is 0 Å². The van der Waals surface area contributed by atoms with Crippen LogP contribution >= 0.6 is 23.2 Å². The Kier molecular flexibility index (Phi) is 8.76. The first-order valence-electron chi connectivity index (χ1n) is 11.4. The van der Waals surface area contributed by atoms with Gasteiger partial charge in [-0.15, -0.1) is 0 Å². The third-order valence-corrected chi connectivity index (χ3v) is 6.39. The Balaban J connectivity index is 1.33. The molecule has 0 atom stereocenters. The van der Waals surface area contributed by atoms with Gasteiger partial charge in [-0.05, 0) is 29.8 Å². The standard InChI is InChI=1S/C25H27Cl2N5O3/c26-20-2-1-3-21(27)19(20)8-13-35-25-23(28)30-16-22(31-25)17-4-6-18(7-5-17)24(33)29-9-10-32-11-14-34-15-12-32/h1-7,16H,8-15H2,(H2,28,30)(H,29,33). The molecule has 0 unspecified atom stereocenters. The number of anilines is 1. The normalized spacial score (nSPS) is 14.0. The summed E-state index contributed by atoms with van der Waals surface area (Å²) in [5.74, 6) is 0.307. The van der Waals surface area contributed by atoms with Crippen molar-refractivity contribution in [2.75, 3.05) is 51.7 Å². The summed E-state index contributed by atoms with van der Waals surface area (Å²) in [6.45, 7) is 4.95. The topological polar surface area (TPSA) is 103 Å². The summed E-state index contributed by atoms with van der Waals surface area (Å²) in [4.78, 5) is 23.5. The highest BCUT2D eigenvalue weighted by Gasteiger charge is 2.13. The van der Waals surface area contributed by atoms with Gasteiger partial charge < -0.3 is 20.5 Å². The van der Waals surface area contributed by atoms with E-state index in [0.29, 0.717) is 34.3 Å². The van der Waals surface area contributed by atoms with E-state index in [1.165, 1.54) is 0 Å². The van der Waals surface area contributed by atoms with Crippen molar-refractivity contribution in [1.82, 2.24) is 20.2 Å². The van der Waals surface area contributed by atoms with Crippen molar-refractivity contribution in [2.24, 2.45) is 0 Å². The molecular formula is C25H27Cl2N5O3. The van der Waals surface area contributed by atoms with Crippen molar-refractivity contribution in [3.8, 4) is 17.1 Å². The van der Waals surface area contributed by atoms with Gasteiger partial charge in [-0.1, -0.05) is 41.4 Å². The fraction of sp³-hybridized carbons (Fsp3) is 0.320. The number of ether oxygens (including phenoxy) is 2. The number of benzene rings is 2. The van der Waals surface area contributed by atoms with E-state index in [1.54, 1.807) is 36.5 Å². The lowest BCUT2D eigenvalue weighted by Crippen LogP contribution is -2.41. The van der Waals surface area contributed by atoms with Crippen molar-refractivity contribution in [3.63, 3.8) is 0 Å². The average Bonchev–Trinajstić information content (AvgIpc) is 2.87. The first-order chi connectivity index (χ1) is 17.0. The van der Waals surface area contributed by atoms with Crippen LogP contribution in [0.4, 0.5) is 5.82 Å². The van der Waals surface area contributed by atoms with E-state index in [4.69, 9.17) is 38.4 Å². The summed E-state index contributed by atoms with van der Waals surface area (Å²) in [6.07, 6.45) is 2.07. The first kappa shape index (κ1) is 25.2. The Hall–Kier alpha value is -2.91. The molecule has 8 nitrogen and oxygen atoms in total. The lowest BCUT2D eigenvalue weighted by molar-refractivity contribution is 0.0383. The Labute approximate surface area is 214 Å². The van der Waals surface area contributed by atoms with E-state index >= 15 is 0 Å².